The molecular weight excluding hydrogens is 244 g/mol. The molecule has 0 saturated heterocycles. The van der Waals surface area contributed by atoms with Crippen LogP contribution in [0.3, 0.4) is 0 Å². The van der Waals surface area contributed by atoms with Gasteiger partial charge >= 0.3 is 0 Å². The van der Waals surface area contributed by atoms with E-state index in [1.807, 2.05) is 12.4 Å². The number of rotatable bonds is 0. The zero-order chi connectivity index (χ0) is 13.1. The molecule has 5 rings (SSSR count). The van der Waals surface area contributed by atoms with Crippen LogP contribution in [0.4, 0.5) is 5.69 Å². The number of benzene rings is 3. The van der Waals surface area contributed by atoms with E-state index in [1.165, 1.54) is 32.5 Å². The summed E-state index contributed by atoms with van der Waals surface area (Å²) in [6, 6.07) is 16.9. The van der Waals surface area contributed by atoms with Crippen molar-refractivity contribution in [1.82, 2.24) is 4.98 Å². The third-order valence-electron chi connectivity index (χ3n) is 4.06. The van der Waals surface area contributed by atoms with Crippen molar-refractivity contribution in [3.05, 3.63) is 60.3 Å². The van der Waals surface area contributed by atoms with Gasteiger partial charge in [0.2, 0.25) is 0 Å². The molecule has 2 heterocycles. The maximum Gasteiger partial charge on any atom is 0.0721 e. The molecule has 0 unspecified atom stereocenters. The van der Waals surface area contributed by atoms with Crippen molar-refractivity contribution in [2.75, 3.05) is 0 Å². The van der Waals surface area contributed by atoms with E-state index in [0.29, 0.717) is 0 Å². The van der Waals surface area contributed by atoms with Gasteiger partial charge in [-0.1, -0.05) is 36.4 Å². The highest BCUT2D eigenvalue weighted by atomic mass is 14.7. The molecule has 2 nitrogen and oxygen atoms in total. The smallest absolute Gasteiger partial charge is 0.0721 e. The van der Waals surface area contributed by atoms with Crippen LogP contribution in [0.5, 0.6) is 0 Å². The van der Waals surface area contributed by atoms with Crippen LogP contribution in [-0.4, -0.2) is 11.2 Å². The van der Waals surface area contributed by atoms with E-state index in [0.717, 1.165) is 11.2 Å². The average molecular weight is 254 g/mol. The van der Waals surface area contributed by atoms with Crippen LogP contribution in [0.25, 0.3) is 32.4 Å². The van der Waals surface area contributed by atoms with Crippen molar-refractivity contribution in [1.29, 1.82) is 0 Å². The molecule has 2 heteroatoms. The first kappa shape index (κ1) is 10.1. The van der Waals surface area contributed by atoms with Gasteiger partial charge in [0.1, 0.15) is 0 Å². The fourth-order valence-corrected chi connectivity index (χ4v) is 3.19. The zero-order valence-corrected chi connectivity index (χ0v) is 10.7. The number of hydrogen-bond donors (Lipinski definition) is 0. The Hall–Kier alpha value is -2.74. The topological polar surface area (TPSA) is 25.2 Å². The number of pyridine rings is 1. The van der Waals surface area contributed by atoms with Gasteiger partial charge in [-0.3, -0.25) is 9.98 Å². The molecule has 0 fully saturated rings. The summed E-state index contributed by atoms with van der Waals surface area (Å²) in [7, 11) is 0. The Balaban J connectivity index is 2.17. The maximum atomic E-state index is 4.63. The summed E-state index contributed by atoms with van der Waals surface area (Å²) in [5.74, 6) is 0. The van der Waals surface area contributed by atoms with Gasteiger partial charge in [-0.15, -0.1) is 0 Å². The number of nitrogens with zero attached hydrogens (tertiary/aromatic N) is 2. The van der Waals surface area contributed by atoms with Gasteiger partial charge in [-0.05, 0) is 22.9 Å². The van der Waals surface area contributed by atoms with Gasteiger partial charge in [0.25, 0.3) is 0 Å². The zero-order valence-electron chi connectivity index (χ0n) is 10.7. The molecular formula is C18H10N2. The second kappa shape index (κ2) is 3.42. The second-order valence-electron chi connectivity index (χ2n) is 5.16. The minimum atomic E-state index is 1.04. The molecule has 92 valence electrons. The molecule has 1 aliphatic heterocycles. The molecule has 0 aliphatic carbocycles. The van der Waals surface area contributed by atoms with Crippen LogP contribution < -0.4 is 0 Å². The summed E-state index contributed by atoms with van der Waals surface area (Å²) in [4.78, 5) is 9.12. The highest BCUT2D eigenvalue weighted by Crippen LogP contribution is 2.39. The minimum absolute atomic E-state index is 1.04. The first-order chi connectivity index (χ1) is 9.92. The first-order valence-electron chi connectivity index (χ1n) is 6.69. The lowest BCUT2D eigenvalue weighted by molar-refractivity contribution is 1.45. The van der Waals surface area contributed by atoms with E-state index in [4.69, 9.17) is 0 Å². The van der Waals surface area contributed by atoms with E-state index in [-0.39, 0.29) is 0 Å². The second-order valence-corrected chi connectivity index (χ2v) is 5.16. The standard InChI is InChI=1S/C18H10N2/c1-2-5-13-11(4-1)9-20-16-8-12-10-19-15-7-3-6-14(17(12)15)18(13)16/h1-10H. The Morgan fingerprint density at radius 3 is 2.70 bits per heavy atom. The number of aromatic nitrogens is 1. The summed E-state index contributed by atoms with van der Waals surface area (Å²) >= 11 is 0. The average Bonchev–Trinajstić information content (AvgIpc) is 2.92. The van der Waals surface area contributed by atoms with Gasteiger partial charge in [0.05, 0.1) is 11.2 Å². The molecule has 0 radical (unpaired) electrons. The summed E-state index contributed by atoms with van der Waals surface area (Å²) in [5, 5.41) is 6.16. The van der Waals surface area contributed by atoms with E-state index in [9.17, 15) is 0 Å². The first-order valence-corrected chi connectivity index (χ1v) is 6.69. The lowest BCUT2D eigenvalue weighted by Crippen LogP contribution is -1.87. The molecule has 4 aromatic rings. The van der Waals surface area contributed by atoms with Gasteiger partial charge < -0.3 is 0 Å². The molecule has 0 saturated carbocycles. The van der Waals surface area contributed by atoms with Crippen molar-refractivity contribution in [3.8, 4) is 0 Å². The van der Waals surface area contributed by atoms with Crippen LogP contribution in [0.15, 0.2) is 59.7 Å². The fourth-order valence-electron chi connectivity index (χ4n) is 3.19. The van der Waals surface area contributed by atoms with Crippen LogP contribution >= 0.6 is 0 Å². The largest absolute Gasteiger partial charge is 0.256 e. The van der Waals surface area contributed by atoms with Crippen molar-refractivity contribution in [3.63, 3.8) is 0 Å². The van der Waals surface area contributed by atoms with Crippen molar-refractivity contribution < 1.29 is 0 Å². The molecule has 3 aromatic carbocycles. The number of fused-ring (bicyclic) bond motifs is 4. The van der Waals surface area contributed by atoms with E-state index in [2.05, 4.69) is 58.5 Å². The summed E-state index contributed by atoms with van der Waals surface area (Å²) in [6.07, 6.45) is 3.89. The molecule has 0 bridgehead atoms. The predicted octanol–water partition coefficient (Wildman–Crippen LogP) is 4.61. The van der Waals surface area contributed by atoms with Gasteiger partial charge in [-0.2, -0.15) is 0 Å². The van der Waals surface area contributed by atoms with Crippen LogP contribution in [-0.2, 0) is 0 Å². The fraction of sp³-hybridized carbons (Fsp3) is 0. The molecule has 0 amide bonds. The minimum Gasteiger partial charge on any atom is -0.256 e. The van der Waals surface area contributed by atoms with E-state index < -0.39 is 0 Å². The summed E-state index contributed by atoms with van der Waals surface area (Å²) in [5.41, 5.74) is 3.27. The molecule has 20 heavy (non-hydrogen) atoms. The Labute approximate surface area is 115 Å². The summed E-state index contributed by atoms with van der Waals surface area (Å²) in [6.45, 7) is 0. The predicted molar refractivity (Wildman–Crippen MR) is 84.0 cm³/mol. The number of aliphatic imine (C=N–C) groups is 1. The number of hydrogen-bond acceptors (Lipinski definition) is 2. The van der Waals surface area contributed by atoms with E-state index >= 15 is 0 Å². The third-order valence-corrected chi connectivity index (χ3v) is 4.06. The maximum absolute atomic E-state index is 4.63. The van der Waals surface area contributed by atoms with Gasteiger partial charge in [0, 0.05) is 34.1 Å². The molecule has 1 aliphatic rings. The van der Waals surface area contributed by atoms with Crippen molar-refractivity contribution in [2.24, 2.45) is 4.99 Å². The molecule has 0 N–H and O–H groups in total. The summed E-state index contributed by atoms with van der Waals surface area (Å²) < 4.78 is 0. The highest BCUT2D eigenvalue weighted by Gasteiger charge is 2.15. The quantitative estimate of drug-likeness (QED) is 0.370. The van der Waals surface area contributed by atoms with Gasteiger partial charge in [0.15, 0.2) is 0 Å². The molecule has 0 atom stereocenters. The SMILES string of the molecule is C1=Nc2cccc3c2c1cc1ncc2ccccc2c13. The van der Waals surface area contributed by atoms with Crippen molar-refractivity contribution >= 4 is 44.3 Å². The Morgan fingerprint density at radius 2 is 1.70 bits per heavy atom. The van der Waals surface area contributed by atoms with Gasteiger partial charge in [-0.25, -0.2) is 0 Å². The Kier molecular flexibility index (Phi) is 1.73. The van der Waals surface area contributed by atoms with Crippen LogP contribution in [0, 0.1) is 0 Å². The lowest BCUT2D eigenvalue weighted by atomic mass is 9.97. The highest BCUT2D eigenvalue weighted by molar-refractivity contribution is 6.25. The van der Waals surface area contributed by atoms with E-state index in [1.54, 1.807) is 0 Å². The molecule has 0 spiro atoms. The Morgan fingerprint density at radius 1 is 0.800 bits per heavy atom. The third kappa shape index (κ3) is 1.14. The Bertz CT molecular complexity index is 1050. The lowest BCUT2D eigenvalue weighted by Gasteiger charge is -2.08. The molecule has 1 aromatic heterocycles. The van der Waals surface area contributed by atoms with Crippen LogP contribution in [0.1, 0.15) is 5.56 Å². The normalized spacial score (nSPS) is 12.8. The van der Waals surface area contributed by atoms with Crippen molar-refractivity contribution in [2.45, 2.75) is 0 Å². The van der Waals surface area contributed by atoms with Crippen LogP contribution in [0.2, 0.25) is 0 Å². The monoisotopic (exact) mass is 254 g/mol.